The number of hydrogen-bond acceptors (Lipinski definition) is 5. The van der Waals surface area contributed by atoms with Crippen LogP contribution >= 0.6 is 0 Å². The fourth-order valence-corrected chi connectivity index (χ4v) is 5.07. The van der Waals surface area contributed by atoms with Gasteiger partial charge in [-0.25, -0.2) is 5.10 Å². The number of aromatic amines is 1. The van der Waals surface area contributed by atoms with E-state index >= 15 is 0 Å². The minimum Gasteiger partial charge on any atom is -0.482 e. The molecule has 0 bridgehead atoms. The van der Waals surface area contributed by atoms with Gasteiger partial charge in [0.15, 0.2) is 11.5 Å². The first kappa shape index (κ1) is 23.7. The van der Waals surface area contributed by atoms with Crippen LogP contribution in [0.3, 0.4) is 0 Å². The van der Waals surface area contributed by atoms with Crippen molar-refractivity contribution in [1.29, 1.82) is 0 Å². The van der Waals surface area contributed by atoms with Crippen molar-refractivity contribution in [2.45, 2.75) is 58.0 Å². The number of hydrogen-bond donors (Lipinski definition) is 1. The van der Waals surface area contributed by atoms with Gasteiger partial charge in [0.1, 0.15) is 12.8 Å². The van der Waals surface area contributed by atoms with Gasteiger partial charge < -0.3 is 18.8 Å². The van der Waals surface area contributed by atoms with Gasteiger partial charge in [0.05, 0.1) is 22.8 Å². The largest absolute Gasteiger partial charge is 0.482 e. The fourth-order valence-electron chi connectivity index (χ4n) is 4.32. The van der Waals surface area contributed by atoms with Crippen molar-refractivity contribution in [2.24, 2.45) is 5.92 Å². The van der Waals surface area contributed by atoms with E-state index in [9.17, 15) is 13.6 Å². The number of rotatable bonds is 9. The molecule has 7 nitrogen and oxygen atoms in total. The topological polar surface area (TPSA) is 78.4 Å². The first-order chi connectivity index (χ1) is 16.7. The molecule has 3 heterocycles. The molecule has 1 aliphatic heterocycles. The van der Waals surface area contributed by atoms with Crippen LogP contribution in [0.4, 0.5) is 8.78 Å². The number of H-pyrrole nitrogens is 1. The summed E-state index contributed by atoms with van der Waals surface area (Å²) in [4.78, 5) is 12.5. The van der Waals surface area contributed by atoms with E-state index in [2.05, 4.69) is 29.8 Å². The Labute approximate surface area is 202 Å². The number of fused-ring (bicyclic) bond motifs is 2. The number of benzene rings is 1. The number of nitrogens with one attached hydrogen (secondary N) is 1. The van der Waals surface area contributed by atoms with Crippen molar-refractivity contribution in [3.8, 4) is 22.8 Å². The van der Waals surface area contributed by atoms with Gasteiger partial charge in [0.25, 0.3) is 5.56 Å². The third-order valence-corrected chi connectivity index (χ3v) is 8.10. The lowest BCUT2D eigenvalue weighted by Gasteiger charge is -2.25. The van der Waals surface area contributed by atoms with Gasteiger partial charge in [-0.15, -0.1) is 0 Å². The lowest BCUT2D eigenvalue weighted by molar-refractivity contribution is -0.0519. The molecule has 1 fully saturated rings. The molecular weight excluding hydrogens is 472 g/mol. The van der Waals surface area contributed by atoms with Crippen LogP contribution in [0.2, 0.25) is 25.7 Å². The highest BCUT2D eigenvalue weighted by Gasteiger charge is 2.35. The molecule has 2 aliphatic rings. The molecule has 10 heteroatoms. The third-order valence-electron chi connectivity index (χ3n) is 6.40. The van der Waals surface area contributed by atoms with Crippen molar-refractivity contribution in [3.63, 3.8) is 0 Å². The van der Waals surface area contributed by atoms with Gasteiger partial charge in [0.2, 0.25) is 0 Å². The summed E-state index contributed by atoms with van der Waals surface area (Å²) < 4.78 is 45.1. The Morgan fingerprint density at radius 2 is 2.09 bits per heavy atom. The van der Waals surface area contributed by atoms with E-state index in [0.717, 1.165) is 24.4 Å². The molecule has 35 heavy (non-hydrogen) atoms. The van der Waals surface area contributed by atoms with Crippen molar-refractivity contribution in [1.82, 2.24) is 14.8 Å². The van der Waals surface area contributed by atoms with Gasteiger partial charge in [-0.05, 0) is 49.1 Å². The molecule has 1 N–H and O–H groups in total. The zero-order valence-corrected chi connectivity index (χ0v) is 21.0. The standard InChI is InChI=1S/C25H29F2N3O4Si/c1-35(2,3)11-10-32-14-30-19(12-18-20(30)13-28-29-24(18)31)16-6-9-22(34-25(26)27)23-17(16)7-8-21(33-23)15-4-5-15/h6-9,12-13,15,21,25H,4-5,10-11,14H2,1-3H3,(H,29,31). The van der Waals surface area contributed by atoms with E-state index in [1.165, 1.54) is 6.07 Å². The van der Waals surface area contributed by atoms with E-state index in [4.69, 9.17) is 14.2 Å². The summed E-state index contributed by atoms with van der Waals surface area (Å²) in [7, 11) is -1.27. The first-order valence-corrected chi connectivity index (χ1v) is 15.5. The zero-order chi connectivity index (χ0) is 24.7. The Kier molecular flexibility index (Phi) is 6.26. The van der Waals surface area contributed by atoms with Crippen LogP contribution in [0, 0.1) is 5.92 Å². The van der Waals surface area contributed by atoms with Crippen molar-refractivity contribution >= 4 is 25.1 Å². The maximum Gasteiger partial charge on any atom is 0.387 e. The maximum atomic E-state index is 13.1. The van der Waals surface area contributed by atoms with Crippen LogP contribution in [0.1, 0.15) is 18.4 Å². The third kappa shape index (κ3) is 5.04. The number of ether oxygens (including phenoxy) is 3. The van der Waals surface area contributed by atoms with E-state index < -0.39 is 14.7 Å². The summed E-state index contributed by atoms with van der Waals surface area (Å²) in [6.07, 6.45) is 7.41. The molecule has 2 aromatic heterocycles. The highest BCUT2D eigenvalue weighted by Crippen LogP contribution is 2.46. The second kappa shape index (κ2) is 9.23. The molecule has 1 aliphatic carbocycles. The number of halogens is 2. The van der Waals surface area contributed by atoms with E-state index in [0.29, 0.717) is 40.4 Å². The SMILES string of the molecule is C[Si](C)(C)CCOCn1c(-c2ccc(OC(F)F)c3c2C=CC(C2CC2)O3)cc2c(=O)[nH]ncc21. The molecule has 1 aromatic carbocycles. The van der Waals surface area contributed by atoms with E-state index in [1.54, 1.807) is 18.3 Å². The molecule has 0 radical (unpaired) electrons. The number of alkyl halides is 2. The molecule has 1 unspecified atom stereocenters. The van der Waals surface area contributed by atoms with Crippen LogP contribution in [0.15, 0.2) is 35.3 Å². The van der Waals surface area contributed by atoms with Gasteiger partial charge in [-0.3, -0.25) is 4.79 Å². The van der Waals surface area contributed by atoms with Crippen molar-refractivity contribution < 1.29 is 23.0 Å². The normalized spacial score (nSPS) is 17.6. The first-order valence-electron chi connectivity index (χ1n) is 11.8. The molecular formula is C25H29F2N3O4Si. The van der Waals surface area contributed by atoms with Crippen molar-refractivity contribution in [2.75, 3.05) is 6.61 Å². The molecule has 1 atom stereocenters. The minimum atomic E-state index is -2.96. The number of aromatic nitrogens is 3. The second-order valence-corrected chi connectivity index (χ2v) is 15.9. The summed E-state index contributed by atoms with van der Waals surface area (Å²) in [5.74, 6) is 0.686. The van der Waals surface area contributed by atoms with E-state index in [1.807, 2.05) is 16.7 Å². The lowest BCUT2D eigenvalue weighted by atomic mass is 9.98. The summed E-state index contributed by atoms with van der Waals surface area (Å²) in [6, 6.07) is 6.01. The highest BCUT2D eigenvalue weighted by atomic mass is 28.3. The average Bonchev–Trinajstić information content (AvgIpc) is 3.58. The van der Waals surface area contributed by atoms with Gasteiger partial charge in [0, 0.05) is 25.8 Å². The molecule has 1 saturated carbocycles. The lowest BCUT2D eigenvalue weighted by Crippen LogP contribution is -2.22. The average molecular weight is 502 g/mol. The Morgan fingerprint density at radius 3 is 2.80 bits per heavy atom. The van der Waals surface area contributed by atoms with Gasteiger partial charge >= 0.3 is 6.61 Å². The fraction of sp³-hybridized carbons (Fsp3) is 0.440. The predicted molar refractivity (Wildman–Crippen MR) is 133 cm³/mol. The Bertz CT molecular complexity index is 1320. The maximum absolute atomic E-state index is 13.1. The van der Waals surface area contributed by atoms with Crippen LogP contribution < -0.4 is 15.0 Å². The molecule has 186 valence electrons. The number of nitrogens with zero attached hydrogens (tertiary/aromatic N) is 2. The molecule has 5 rings (SSSR count). The Hall–Kier alpha value is -2.98. The predicted octanol–water partition coefficient (Wildman–Crippen LogP) is 5.49. The van der Waals surface area contributed by atoms with Crippen LogP contribution in [0.5, 0.6) is 11.5 Å². The monoisotopic (exact) mass is 501 g/mol. The van der Waals surface area contributed by atoms with E-state index in [-0.39, 0.29) is 24.1 Å². The molecule has 0 saturated heterocycles. The molecule has 0 amide bonds. The highest BCUT2D eigenvalue weighted by molar-refractivity contribution is 6.76. The summed E-state index contributed by atoms with van der Waals surface area (Å²) in [6.45, 7) is 4.73. The van der Waals surface area contributed by atoms with Crippen LogP contribution in [0.25, 0.3) is 28.2 Å². The van der Waals surface area contributed by atoms with Crippen molar-refractivity contribution in [3.05, 3.63) is 46.4 Å². The zero-order valence-electron chi connectivity index (χ0n) is 20.0. The molecule has 3 aromatic rings. The minimum absolute atomic E-state index is 0.00214. The van der Waals surface area contributed by atoms with Crippen LogP contribution in [-0.4, -0.2) is 42.2 Å². The summed E-state index contributed by atoms with van der Waals surface area (Å²) in [5, 5.41) is 6.92. The molecule has 0 spiro atoms. The smallest absolute Gasteiger partial charge is 0.387 e. The second-order valence-electron chi connectivity index (χ2n) is 10.3. The summed E-state index contributed by atoms with van der Waals surface area (Å²) in [5.41, 5.74) is 2.41. The quantitative estimate of drug-likeness (QED) is 0.310. The van der Waals surface area contributed by atoms with Gasteiger partial charge in [-0.1, -0.05) is 25.7 Å². The Morgan fingerprint density at radius 1 is 1.29 bits per heavy atom. The summed E-state index contributed by atoms with van der Waals surface area (Å²) >= 11 is 0. The van der Waals surface area contributed by atoms with Crippen LogP contribution in [-0.2, 0) is 11.5 Å². The Balaban J connectivity index is 1.58. The van der Waals surface area contributed by atoms with Gasteiger partial charge in [-0.2, -0.15) is 13.9 Å².